The molecule has 2 atom stereocenters. The maximum Gasteiger partial charge on any atom is 0.00740 e. The average molecular weight is 156 g/mol. The predicted molar refractivity (Wildman–Crippen MR) is 50.2 cm³/mol. The van der Waals surface area contributed by atoms with Crippen molar-refractivity contribution >= 4 is 0 Å². The largest absolute Gasteiger partial charge is 0.392 e. The first kappa shape index (κ1) is 10.5. The van der Waals surface area contributed by atoms with E-state index in [1.165, 1.54) is 5.70 Å². The summed E-state index contributed by atoms with van der Waals surface area (Å²) in [7, 11) is 1.93. The van der Waals surface area contributed by atoms with Gasteiger partial charge in [0.15, 0.2) is 0 Å². The van der Waals surface area contributed by atoms with Crippen LogP contribution in [0.2, 0.25) is 0 Å². The molecule has 0 aliphatic carbocycles. The van der Waals surface area contributed by atoms with Crippen LogP contribution in [-0.2, 0) is 0 Å². The van der Waals surface area contributed by atoms with Gasteiger partial charge in [-0.05, 0) is 26.2 Å². The van der Waals surface area contributed by atoms with Gasteiger partial charge in [-0.2, -0.15) is 0 Å². The van der Waals surface area contributed by atoms with Gasteiger partial charge in [-0.15, -0.1) is 0 Å². The van der Waals surface area contributed by atoms with Gasteiger partial charge in [-0.25, -0.2) is 0 Å². The van der Waals surface area contributed by atoms with E-state index in [0.29, 0.717) is 5.92 Å². The minimum absolute atomic E-state index is 0.253. The summed E-state index contributed by atoms with van der Waals surface area (Å²) in [5, 5.41) is 3.09. The molecule has 2 nitrogen and oxygen atoms in total. The van der Waals surface area contributed by atoms with Gasteiger partial charge >= 0.3 is 0 Å². The molecule has 0 radical (unpaired) electrons. The third-order valence-electron chi connectivity index (χ3n) is 2.01. The van der Waals surface area contributed by atoms with Crippen molar-refractivity contribution in [3.8, 4) is 0 Å². The average Bonchev–Trinajstić information content (AvgIpc) is 1.99. The van der Waals surface area contributed by atoms with E-state index in [9.17, 15) is 0 Å². The number of nitrogens with two attached hydrogens (primary N) is 1. The molecule has 0 rings (SSSR count). The Morgan fingerprint density at radius 1 is 1.64 bits per heavy atom. The van der Waals surface area contributed by atoms with Gasteiger partial charge in [0.2, 0.25) is 0 Å². The zero-order valence-electron chi connectivity index (χ0n) is 8.02. The highest BCUT2D eigenvalue weighted by molar-refractivity contribution is 4.99. The molecule has 0 saturated heterocycles. The van der Waals surface area contributed by atoms with E-state index < -0.39 is 0 Å². The van der Waals surface area contributed by atoms with Crippen molar-refractivity contribution in [3.63, 3.8) is 0 Å². The normalized spacial score (nSPS) is 17.7. The molecule has 2 heteroatoms. The number of rotatable bonds is 4. The summed E-state index contributed by atoms with van der Waals surface area (Å²) in [6.45, 7) is 6.27. The minimum Gasteiger partial charge on any atom is -0.392 e. The molecule has 0 heterocycles. The second kappa shape index (κ2) is 5.19. The molecule has 3 N–H and O–H groups in total. The van der Waals surface area contributed by atoms with E-state index in [0.717, 1.165) is 6.42 Å². The van der Waals surface area contributed by atoms with Crippen molar-refractivity contribution in [2.24, 2.45) is 11.7 Å². The molecule has 0 aromatic rings. The number of hydrogen-bond donors (Lipinski definition) is 2. The predicted octanol–water partition coefficient (Wildman–Crippen LogP) is 1.48. The quantitative estimate of drug-likeness (QED) is 0.647. The highest BCUT2D eigenvalue weighted by atomic mass is 14.8. The van der Waals surface area contributed by atoms with Crippen molar-refractivity contribution in [2.45, 2.75) is 33.2 Å². The van der Waals surface area contributed by atoms with Crippen molar-refractivity contribution in [1.82, 2.24) is 5.32 Å². The van der Waals surface area contributed by atoms with Crippen molar-refractivity contribution < 1.29 is 0 Å². The van der Waals surface area contributed by atoms with Crippen LogP contribution in [0.15, 0.2) is 11.8 Å². The molecule has 11 heavy (non-hydrogen) atoms. The molecule has 66 valence electrons. The lowest BCUT2D eigenvalue weighted by atomic mass is 9.98. The Bertz CT molecular complexity index is 128. The fraction of sp³-hybridized carbons (Fsp3) is 0.778. The molecular weight excluding hydrogens is 136 g/mol. The Morgan fingerprint density at radius 3 is 2.45 bits per heavy atom. The molecule has 0 aliphatic heterocycles. The highest BCUT2D eigenvalue weighted by Crippen LogP contribution is 2.09. The van der Waals surface area contributed by atoms with E-state index in [1.807, 2.05) is 14.0 Å². The highest BCUT2D eigenvalue weighted by Gasteiger charge is 2.07. The van der Waals surface area contributed by atoms with Gasteiger partial charge in [0.05, 0.1) is 0 Å². The molecule has 0 saturated carbocycles. The number of nitrogens with one attached hydrogen (secondary N) is 1. The van der Waals surface area contributed by atoms with Crippen molar-refractivity contribution in [2.75, 3.05) is 7.05 Å². The van der Waals surface area contributed by atoms with Crippen LogP contribution in [0.1, 0.15) is 27.2 Å². The molecule has 0 aliphatic rings. The van der Waals surface area contributed by atoms with Gasteiger partial charge in [-0.3, -0.25) is 0 Å². The van der Waals surface area contributed by atoms with Gasteiger partial charge in [0, 0.05) is 18.8 Å². The van der Waals surface area contributed by atoms with Crippen LogP contribution in [0, 0.1) is 5.92 Å². The van der Waals surface area contributed by atoms with Gasteiger partial charge < -0.3 is 11.1 Å². The summed E-state index contributed by atoms with van der Waals surface area (Å²) >= 11 is 0. The second-order valence-corrected chi connectivity index (χ2v) is 3.03. The molecular formula is C9H20N2. The molecule has 0 aromatic carbocycles. The lowest BCUT2D eigenvalue weighted by Crippen LogP contribution is -2.25. The zero-order chi connectivity index (χ0) is 8.85. The first-order valence-corrected chi connectivity index (χ1v) is 4.23. The Morgan fingerprint density at radius 2 is 2.18 bits per heavy atom. The topological polar surface area (TPSA) is 38.0 Å². The van der Waals surface area contributed by atoms with Gasteiger partial charge in [0.25, 0.3) is 0 Å². The van der Waals surface area contributed by atoms with Crippen LogP contribution in [0.4, 0.5) is 0 Å². The van der Waals surface area contributed by atoms with Crippen LogP contribution in [0.3, 0.4) is 0 Å². The first-order valence-electron chi connectivity index (χ1n) is 4.23. The summed E-state index contributed by atoms with van der Waals surface area (Å²) in [4.78, 5) is 0. The van der Waals surface area contributed by atoms with Crippen LogP contribution in [0.25, 0.3) is 0 Å². The van der Waals surface area contributed by atoms with E-state index >= 15 is 0 Å². The molecule has 0 amide bonds. The summed E-state index contributed by atoms with van der Waals surface area (Å²) in [6.07, 6.45) is 3.31. The van der Waals surface area contributed by atoms with E-state index in [-0.39, 0.29) is 6.04 Å². The van der Waals surface area contributed by atoms with Gasteiger partial charge in [0.1, 0.15) is 0 Å². The molecule has 0 aromatic heterocycles. The van der Waals surface area contributed by atoms with Crippen LogP contribution >= 0.6 is 0 Å². The summed E-state index contributed by atoms with van der Waals surface area (Å²) in [6, 6.07) is 0.253. The Hall–Kier alpha value is -0.500. The molecule has 1 unspecified atom stereocenters. The fourth-order valence-electron chi connectivity index (χ4n) is 1.05. The third kappa shape index (κ3) is 4.04. The Labute approximate surface area is 69.9 Å². The Kier molecular flexibility index (Phi) is 4.95. The van der Waals surface area contributed by atoms with Crippen LogP contribution in [0.5, 0.6) is 0 Å². The molecule has 0 bridgehead atoms. The van der Waals surface area contributed by atoms with Crippen molar-refractivity contribution in [3.05, 3.63) is 11.8 Å². The maximum atomic E-state index is 5.78. The van der Waals surface area contributed by atoms with E-state index in [1.54, 1.807) is 0 Å². The Balaban J connectivity index is 4.06. The van der Waals surface area contributed by atoms with Gasteiger partial charge in [-0.1, -0.05) is 13.0 Å². The van der Waals surface area contributed by atoms with Crippen LogP contribution in [-0.4, -0.2) is 13.1 Å². The molecule has 0 fully saturated rings. The van der Waals surface area contributed by atoms with Crippen molar-refractivity contribution in [1.29, 1.82) is 0 Å². The minimum atomic E-state index is 0.253. The van der Waals surface area contributed by atoms with E-state index in [2.05, 4.69) is 25.2 Å². The maximum absolute atomic E-state index is 5.78. The summed E-state index contributed by atoms with van der Waals surface area (Å²) in [5.41, 5.74) is 6.98. The third-order valence-corrected chi connectivity index (χ3v) is 2.01. The van der Waals surface area contributed by atoms with E-state index in [4.69, 9.17) is 5.73 Å². The monoisotopic (exact) mass is 156 g/mol. The SMILES string of the molecule is CCC(/C=C(/C)NC)[C@H](C)N. The smallest absolute Gasteiger partial charge is 0.00740 e. The summed E-state index contributed by atoms with van der Waals surface area (Å²) in [5.74, 6) is 0.502. The molecule has 0 spiro atoms. The zero-order valence-corrected chi connectivity index (χ0v) is 8.02. The van der Waals surface area contributed by atoms with Crippen LogP contribution < -0.4 is 11.1 Å². The first-order chi connectivity index (χ1) is 5.11. The fourth-order valence-corrected chi connectivity index (χ4v) is 1.05. The second-order valence-electron chi connectivity index (χ2n) is 3.03. The lowest BCUT2D eigenvalue weighted by Gasteiger charge is -2.15. The number of allylic oxidation sites excluding steroid dienone is 1. The summed E-state index contributed by atoms with van der Waals surface area (Å²) < 4.78 is 0. The standard InChI is InChI=1S/C9H20N2/c1-5-9(8(3)10)6-7(2)11-4/h6,8-9,11H,5,10H2,1-4H3/b7-6-/t8-,9?/m0/s1. The number of hydrogen-bond acceptors (Lipinski definition) is 2. The lowest BCUT2D eigenvalue weighted by molar-refractivity contribution is 0.515.